The van der Waals surface area contributed by atoms with Crippen molar-refractivity contribution < 1.29 is 14.3 Å². The Morgan fingerprint density at radius 3 is 2.62 bits per heavy atom. The summed E-state index contributed by atoms with van der Waals surface area (Å²) in [5, 5.41) is 0. The SMILES string of the molecule is O=C1CC(CC=Cc2ccccc2)C(=O)O1. The van der Waals surface area contributed by atoms with Crippen LogP contribution in [0.2, 0.25) is 0 Å². The molecule has 3 nitrogen and oxygen atoms in total. The average molecular weight is 216 g/mol. The van der Waals surface area contributed by atoms with Gasteiger partial charge in [-0.2, -0.15) is 0 Å². The van der Waals surface area contributed by atoms with Gasteiger partial charge in [0, 0.05) is 0 Å². The zero-order valence-corrected chi connectivity index (χ0v) is 8.76. The van der Waals surface area contributed by atoms with Gasteiger partial charge in [-0.05, 0) is 12.0 Å². The van der Waals surface area contributed by atoms with E-state index in [1.807, 2.05) is 42.5 Å². The van der Waals surface area contributed by atoms with E-state index in [1.165, 1.54) is 0 Å². The first-order valence-corrected chi connectivity index (χ1v) is 5.22. The summed E-state index contributed by atoms with van der Waals surface area (Å²) >= 11 is 0. The molecule has 0 radical (unpaired) electrons. The third-order valence-corrected chi connectivity index (χ3v) is 2.49. The highest BCUT2D eigenvalue weighted by Gasteiger charge is 2.31. The quantitative estimate of drug-likeness (QED) is 0.574. The van der Waals surface area contributed by atoms with Crippen LogP contribution in [0.3, 0.4) is 0 Å². The molecule has 1 atom stereocenters. The minimum absolute atomic E-state index is 0.206. The Labute approximate surface area is 93.7 Å². The van der Waals surface area contributed by atoms with Crippen LogP contribution in [-0.4, -0.2) is 11.9 Å². The highest BCUT2D eigenvalue weighted by Crippen LogP contribution is 2.20. The van der Waals surface area contributed by atoms with Crippen molar-refractivity contribution in [1.29, 1.82) is 0 Å². The number of allylic oxidation sites excluding steroid dienone is 1. The van der Waals surface area contributed by atoms with Crippen LogP contribution >= 0.6 is 0 Å². The molecule has 0 saturated carbocycles. The Bertz CT molecular complexity index is 420. The maximum atomic E-state index is 11.2. The molecule has 1 saturated heterocycles. The molecular formula is C13H12O3. The normalized spacial score (nSPS) is 20.4. The van der Waals surface area contributed by atoms with E-state index in [4.69, 9.17) is 0 Å². The average Bonchev–Trinajstić information content (AvgIpc) is 2.59. The van der Waals surface area contributed by atoms with E-state index in [1.54, 1.807) is 0 Å². The number of benzene rings is 1. The number of hydrogen-bond acceptors (Lipinski definition) is 3. The van der Waals surface area contributed by atoms with Crippen LogP contribution in [0.4, 0.5) is 0 Å². The van der Waals surface area contributed by atoms with Crippen LogP contribution < -0.4 is 0 Å². The lowest BCUT2D eigenvalue weighted by atomic mass is 10.0. The zero-order valence-electron chi connectivity index (χ0n) is 8.76. The molecule has 0 spiro atoms. The predicted molar refractivity (Wildman–Crippen MR) is 59.3 cm³/mol. The molecule has 16 heavy (non-hydrogen) atoms. The molecule has 1 unspecified atom stereocenters. The second-order valence-electron chi connectivity index (χ2n) is 3.74. The molecule has 0 bridgehead atoms. The molecule has 82 valence electrons. The summed E-state index contributed by atoms with van der Waals surface area (Å²) in [5.74, 6) is -1.11. The number of rotatable bonds is 3. The predicted octanol–water partition coefficient (Wildman–Crippen LogP) is 2.18. The summed E-state index contributed by atoms with van der Waals surface area (Å²) in [6, 6.07) is 9.81. The van der Waals surface area contributed by atoms with Crippen LogP contribution in [0.5, 0.6) is 0 Å². The van der Waals surface area contributed by atoms with E-state index >= 15 is 0 Å². The summed E-state index contributed by atoms with van der Waals surface area (Å²) in [6.07, 6.45) is 4.60. The molecule has 1 aliphatic rings. The lowest BCUT2D eigenvalue weighted by Gasteiger charge is -1.98. The maximum Gasteiger partial charge on any atom is 0.317 e. The summed E-state index contributed by atoms with van der Waals surface area (Å²) < 4.78 is 4.46. The highest BCUT2D eigenvalue weighted by molar-refractivity contribution is 5.94. The lowest BCUT2D eigenvalue weighted by Crippen LogP contribution is -2.05. The van der Waals surface area contributed by atoms with Crippen LogP contribution in [0, 0.1) is 5.92 Å². The van der Waals surface area contributed by atoms with Crippen molar-refractivity contribution in [2.45, 2.75) is 12.8 Å². The van der Waals surface area contributed by atoms with E-state index < -0.39 is 11.9 Å². The van der Waals surface area contributed by atoms with Crippen molar-refractivity contribution in [3.8, 4) is 0 Å². The summed E-state index contributed by atoms with van der Waals surface area (Å²) in [4.78, 5) is 22.0. The van der Waals surface area contributed by atoms with Crippen molar-refractivity contribution in [3.63, 3.8) is 0 Å². The van der Waals surface area contributed by atoms with E-state index in [0.29, 0.717) is 6.42 Å². The van der Waals surface area contributed by atoms with E-state index in [0.717, 1.165) is 5.56 Å². The van der Waals surface area contributed by atoms with Gasteiger partial charge >= 0.3 is 11.9 Å². The van der Waals surface area contributed by atoms with Gasteiger partial charge in [0.15, 0.2) is 0 Å². The summed E-state index contributed by atoms with van der Waals surface area (Å²) in [7, 11) is 0. The van der Waals surface area contributed by atoms with Crippen molar-refractivity contribution in [2.75, 3.05) is 0 Å². The monoisotopic (exact) mass is 216 g/mol. The maximum absolute atomic E-state index is 11.2. The fraction of sp³-hybridized carbons (Fsp3) is 0.231. The van der Waals surface area contributed by atoms with E-state index in [-0.39, 0.29) is 12.3 Å². The van der Waals surface area contributed by atoms with Crippen LogP contribution in [0.15, 0.2) is 36.4 Å². The lowest BCUT2D eigenvalue weighted by molar-refractivity contribution is -0.153. The molecule has 3 heteroatoms. The first-order valence-electron chi connectivity index (χ1n) is 5.22. The van der Waals surface area contributed by atoms with Crippen molar-refractivity contribution in [2.24, 2.45) is 5.92 Å². The number of carbonyl (C=O) groups is 2. The first kappa shape index (κ1) is 10.6. The molecule has 1 fully saturated rings. The van der Waals surface area contributed by atoms with E-state index in [2.05, 4.69) is 4.74 Å². The van der Waals surface area contributed by atoms with Gasteiger partial charge in [0.1, 0.15) is 0 Å². The molecule has 1 aromatic rings. The molecular weight excluding hydrogens is 204 g/mol. The summed E-state index contributed by atoms with van der Waals surface area (Å²) in [5.41, 5.74) is 1.08. The number of esters is 2. The van der Waals surface area contributed by atoms with Crippen LogP contribution in [0.1, 0.15) is 18.4 Å². The number of hydrogen-bond donors (Lipinski definition) is 0. The van der Waals surface area contributed by atoms with Gasteiger partial charge in [0.2, 0.25) is 0 Å². The first-order chi connectivity index (χ1) is 7.75. The van der Waals surface area contributed by atoms with Gasteiger partial charge < -0.3 is 4.74 Å². The molecule has 2 rings (SSSR count). The van der Waals surface area contributed by atoms with Gasteiger partial charge in [-0.1, -0.05) is 42.5 Å². The number of cyclic esters (lactones) is 2. The standard InChI is InChI=1S/C13H12O3/c14-12-9-11(13(15)16-12)8-4-7-10-5-2-1-3-6-10/h1-7,11H,8-9H2. The van der Waals surface area contributed by atoms with Gasteiger partial charge in [0.05, 0.1) is 12.3 Å². The number of carbonyl (C=O) groups excluding carboxylic acids is 2. The van der Waals surface area contributed by atoms with Crippen molar-refractivity contribution >= 4 is 18.0 Å². The van der Waals surface area contributed by atoms with Crippen LogP contribution in [0.25, 0.3) is 6.08 Å². The Kier molecular flexibility index (Phi) is 3.15. The van der Waals surface area contributed by atoms with Crippen molar-refractivity contribution in [1.82, 2.24) is 0 Å². The Morgan fingerprint density at radius 2 is 2.00 bits per heavy atom. The fourth-order valence-electron chi connectivity index (χ4n) is 1.63. The molecule has 1 heterocycles. The molecule has 1 aliphatic heterocycles. The molecule has 0 N–H and O–H groups in total. The van der Waals surface area contributed by atoms with Gasteiger partial charge in [-0.25, -0.2) is 0 Å². The van der Waals surface area contributed by atoms with Crippen molar-refractivity contribution in [3.05, 3.63) is 42.0 Å². The Hall–Kier alpha value is -1.90. The Balaban J connectivity index is 1.90. The van der Waals surface area contributed by atoms with Gasteiger partial charge in [-0.15, -0.1) is 0 Å². The Morgan fingerprint density at radius 1 is 1.25 bits per heavy atom. The third kappa shape index (κ3) is 2.57. The van der Waals surface area contributed by atoms with Crippen LogP contribution in [-0.2, 0) is 14.3 Å². The highest BCUT2D eigenvalue weighted by atomic mass is 16.6. The molecule has 0 amide bonds. The second-order valence-corrected chi connectivity index (χ2v) is 3.74. The minimum atomic E-state index is -0.414. The zero-order chi connectivity index (χ0) is 11.4. The molecule has 0 aromatic heterocycles. The molecule has 0 aliphatic carbocycles. The molecule has 1 aromatic carbocycles. The third-order valence-electron chi connectivity index (χ3n) is 2.49. The largest absolute Gasteiger partial charge is 0.393 e. The minimum Gasteiger partial charge on any atom is -0.393 e. The fourth-order valence-corrected chi connectivity index (χ4v) is 1.63. The topological polar surface area (TPSA) is 43.4 Å². The van der Waals surface area contributed by atoms with E-state index in [9.17, 15) is 9.59 Å². The second kappa shape index (κ2) is 4.75. The smallest absolute Gasteiger partial charge is 0.317 e. The summed E-state index contributed by atoms with van der Waals surface area (Å²) in [6.45, 7) is 0. The number of ether oxygens (including phenoxy) is 1. The van der Waals surface area contributed by atoms with Gasteiger partial charge in [0.25, 0.3) is 0 Å². The van der Waals surface area contributed by atoms with Gasteiger partial charge in [-0.3, -0.25) is 9.59 Å².